The fraction of sp³-hybridized carbons (Fsp3) is 0.421. The molecule has 0 aliphatic carbocycles. The number of ether oxygens (including phenoxy) is 1. The Labute approximate surface area is 159 Å². The number of likely N-dealkylation sites (tertiary alicyclic amines) is 1. The first-order valence-corrected chi connectivity index (χ1v) is 9.22. The van der Waals surface area contributed by atoms with Crippen LogP contribution in [-0.4, -0.2) is 50.8 Å². The van der Waals surface area contributed by atoms with Gasteiger partial charge >= 0.3 is 6.18 Å². The number of fused-ring (bicyclic) bond motifs is 1. The number of aromatic amines is 1. The van der Waals surface area contributed by atoms with E-state index in [4.69, 9.17) is 4.74 Å². The van der Waals surface area contributed by atoms with Crippen molar-refractivity contribution in [2.45, 2.75) is 32.0 Å². The van der Waals surface area contributed by atoms with Crippen molar-refractivity contribution in [1.82, 2.24) is 25.1 Å². The van der Waals surface area contributed by atoms with Gasteiger partial charge in [0.15, 0.2) is 5.65 Å². The summed E-state index contributed by atoms with van der Waals surface area (Å²) in [7, 11) is 0. The van der Waals surface area contributed by atoms with E-state index in [1.165, 1.54) is 12.3 Å². The zero-order chi connectivity index (χ0) is 19.7. The molecule has 1 saturated heterocycles. The summed E-state index contributed by atoms with van der Waals surface area (Å²) in [5.41, 5.74) is -0.555. The third kappa shape index (κ3) is 3.66. The molecule has 3 aromatic heterocycles. The maximum Gasteiger partial charge on any atom is 0.418 e. The number of pyridine rings is 2. The first-order chi connectivity index (χ1) is 13.5. The summed E-state index contributed by atoms with van der Waals surface area (Å²) in [4.78, 5) is 10.5. The molecule has 0 bridgehead atoms. The van der Waals surface area contributed by atoms with Crippen molar-refractivity contribution < 1.29 is 17.9 Å². The molecule has 0 aromatic carbocycles. The normalized spacial score (nSPS) is 18.5. The highest BCUT2D eigenvalue weighted by atomic mass is 19.4. The van der Waals surface area contributed by atoms with Crippen LogP contribution >= 0.6 is 0 Å². The number of alkyl halides is 3. The van der Waals surface area contributed by atoms with E-state index in [1.54, 1.807) is 12.1 Å². The predicted molar refractivity (Wildman–Crippen MR) is 97.9 cm³/mol. The molecule has 9 heteroatoms. The number of aromatic nitrogens is 4. The molecule has 1 unspecified atom stereocenters. The van der Waals surface area contributed by atoms with Crippen molar-refractivity contribution in [2.24, 2.45) is 0 Å². The third-order valence-electron chi connectivity index (χ3n) is 4.94. The van der Waals surface area contributed by atoms with Gasteiger partial charge in [0.25, 0.3) is 0 Å². The standard InChI is InChI=1S/C19H20F3N5O/c1-2-27-10-4-5-12(11-27)28-15-8-7-14(19(20,21)22)17(24-15)16-13-6-3-9-23-18(13)26-25-16/h3,6-9,12H,2,4-5,10-11H2,1H3,(H,23,25,26). The van der Waals surface area contributed by atoms with Crippen LogP contribution in [0.25, 0.3) is 22.4 Å². The van der Waals surface area contributed by atoms with Crippen molar-refractivity contribution in [3.63, 3.8) is 0 Å². The minimum Gasteiger partial charge on any atom is -0.473 e. The summed E-state index contributed by atoms with van der Waals surface area (Å²) in [6, 6.07) is 5.61. The topological polar surface area (TPSA) is 66.9 Å². The number of piperidine rings is 1. The Bertz CT molecular complexity index is 972. The first kappa shape index (κ1) is 18.7. The van der Waals surface area contributed by atoms with Gasteiger partial charge in [-0.25, -0.2) is 9.97 Å². The zero-order valence-electron chi connectivity index (χ0n) is 15.3. The molecule has 148 valence electrons. The Kier molecular flexibility index (Phi) is 4.92. The quantitative estimate of drug-likeness (QED) is 0.731. The zero-order valence-corrected chi connectivity index (χ0v) is 15.3. The van der Waals surface area contributed by atoms with Crippen molar-refractivity contribution >= 4 is 11.0 Å². The van der Waals surface area contributed by atoms with Crippen LogP contribution in [0, 0.1) is 0 Å². The lowest BCUT2D eigenvalue weighted by atomic mass is 10.1. The molecule has 4 rings (SSSR count). The minimum atomic E-state index is -4.55. The van der Waals surface area contributed by atoms with Crippen LogP contribution in [0.3, 0.4) is 0 Å². The molecule has 3 aromatic rings. The summed E-state index contributed by atoms with van der Waals surface area (Å²) in [6.07, 6.45) is -1.27. The minimum absolute atomic E-state index is 0.0917. The SMILES string of the molecule is CCN1CCCC(Oc2ccc(C(F)(F)F)c(-c3[nH]nc4ncccc34)n2)C1. The van der Waals surface area contributed by atoms with Gasteiger partial charge in [0.2, 0.25) is 5.88 Å². The molecule has 0 saturated carbocycles. The lowest BCUT2D eigenvalue weighted by Gasteiger charge is -2.31. The molecule has 1 aliphatic rings. The first-order valence-electron chi connectivity index (χ1n) is 9.22. The van der Waals surface area contributed by atoms with Crippen LogP contribution in [0.5, 0.6) is 5.88 Å². The van der Waals surface area contributed by atoms with Gasteiger partial charge in [0.05, 0.1) is 11.3 Å². The molecular formula is C19H20F3N5O. The van der Waals surface area contributed by atoms with E-state index in [-0.39, 0.29) is 23.4 Å². The number of nitrogens with zero attached hydrogens (tertiary/aromatic N) is 4. The Morgan fingerprint density at radius 3 is 2.93 bits per heavy atom. The summed E-state index contributed by atoms with van der Waals surface area (Å²) >= 11 is 0. The number of rotatable bonds is 4. The smallest absolute Gasteiger partial charge is 0.418 e. The van der Waals surface area contributed by atoms with Gasteiger partial charge in [0, 0.05) is 24.2 Å². The highest BCUT2D eigenvalue weighted by molar-refractivity contribution is 5.90. The second-order valence-corrected chi connectivity index (χ2v) is 6.79. The average molecular weight is 391 g/mol. The van der Waals surface area contributed by atoms with Gasteiger partial charge in [-0.3, -0.25) is 10.00 Å². The number of H-pyrrole nitrogens is 1. The van der Waals surface area contributed by atoms with Crippen molar-refractivity contribution in [3.05, 3.63) is 36.0 Å². The monoisotopic (exact) mass is 391 g/mol. The molecule has 0 spiro atoms. The Balaban J connectivity index is 1.72. The molecule has 6 nitrogen and oxygen atoms in total. The van der Waals surface area contributed by atoms with E-state index in [0.29, 0.717) is 11.0 Å². The number of hydrogen-bond acceptors (Lipinski definition) is 5. The molecule has 1 atom stereocenters. The van der Waals surface area contributed by atoms with Gasteiger partial charge in [-0.05, 0) is 44.1 Å². The number of nitrogens with one attached hydrogen (secondary N) is 1. The van der Waals surface area contributed by atoms with Crippen LogP contribution in [0.4, 0.5) is 13.2 Å². The fourth-order valence-electron chi connectivity index (χ4n) is 3.52. The van der Waals surface area contributed by atoms with E-state index >= 15 is 0 Å². The highest BCUT2D eigenvalue weighted by Gasteiger charge is 2.36. The van der Waals surface area contributed by atoms with E-state index in [0.717, 1.165) is 38.5 Å². The van der Waals surface area contributed by atoms with E-state index < -0.39 is 11.7 Å². The molecule has 0 amide bonds. The molecular weight excluding hydrogens is 371 g/mol. The number of halogens is 3. The van der Waals surface area contributed by atoms with E-state index in [1.807, 2.05) is 0 Å². The van der Waals surface area contributed by atoms with Crippen molar-refractivity contribution in [2.75, 3.05) is 19.6 Å². The predicted octanol–water partition coefficient (Wildman–Crippen LogP) is 3.90. The van der Waals surface area contributed by atoms with Gasteiger partial charge in [-0.15, -0.1) is 0 Å². The molecule has 4 heterocycles. The van der Waals surface area contributed by atoms with Crippen molar-refractivity contribution in [1.29, 1.82) is 0 Å². The van der Waals surface area contributed by atoms with Gasteiger partial charge < -0.3 is 4.74 Å². The lowest BCUT2D eigenvalue weighted by molar-refractivity contribution is -0.137. The fourth-order valence-corrected chi connectivity index (χ4v) is 3.52. The molecule has 1 fully saturated rings. The maximum absolute atomic E-state index is 13.6. The van der Waals surface area contributed by atoms with Crippen LogP contribution in [0.15, 0.2) is 30.5 Å². The van der Waals surface area contributed by atoms with Crippen LogP contribution in [0.2, 0.25) is 0 Å². The highest BCUT2D eigenvalue weighted by Crippen LogP contribution is 2.38. The lowest BCUT2D eigenvalue weighted by Crippen LogP contribution is -2.41. The summed E-state index contributed by atoms with van der Waals surface area (Å²) in [5.74, 6) is 0.178. The van der Waals surface area contributed by atoms with Gasteiger partial charge in [0.1, 0.15) is 11.8 Å². The largest absolute Gasteiger partial charge is 0.473 e. The Morgan fingerprint density at radius 2 is 2.14 bits per heavy atom. The summed E-state index contributed by atoms with van der Waals surface area (Å²) in [6.45, 7) is 4.74. The number of hydrogen-bond donors (Lipinski definition) is 1. The molecule has 0 radical (unpaired) electrons. The Hall–Kier alpha value is -2.68. The molecule has 1 N–H and O–H groups in total. The number of likely N-dealkylation sites (N-methyl/N-ethyl adjacent to an activating group) is 1. The second-order valence-electron chi connectivity index (χ2n) is 6.79. The van der Waals surface area contributed by atoms with Crippen LogP contribution in [0.1, 0.15) is 25.3 Å². The van der Waals surface area contributed by atoms with Gasteiger partial charge in [-0.1, -0.05) is 6.92 Å². The average Bonchev–Trinajstić information content (AvgIpc) is 3.11. The van der Waals surface area contributed by atoms with Crippen molar-refractivity contribution in [3.8, 4) is 17.3 Å². The molecule has 1 aliphatic heterocycles. The van der Waals surface area contributed by atoms with E-state index in [2.05, 4.69) is 32.0 Å². The van der Waals surface area contributed by atoms with E-state index in [9.17, 15) is 13.2 Å². The summed E-state index contributed by atoms with van der Waals surface area (Å²) < 4.78 is 46.7. The third-order valence-corrected chi connectivity index (χ3v) is 4.94. The second kappa shape index (κ2) is 7.38. The van der Waals surface area contributed by atoms with Gasteiger partial charge in [-0.2, -0.15) is 18.3 Å². The maximum atomic E-state index is 13.6. The Morgan fingerprint density at radius 1 is 1.29 bits per heavy atom. The van der Waals surface area contributed by atoms with Crippen LogP contribution in [-0.2, 0) is 6.18 Å². The summed E-state index contributed by atoms with van der Waals surface area (Å²) in [5, 5.41) is 7.12. The van der Waals surface area contributed by atoms with Crippen LogP contribution < -0.4 is 4.74 Å². The molecule has 28 heavy (non-hydrogen) atoms.